The van der Waals surface area contributed by atoms with Gasteiger partial charge >= 0.3 is 0 Å². The summed E-state index contributed by atoms with van der Waals surface area (Å²) in [6.07, 6.45) is 3.22. The maximum absolute atomic E-state index is 12.8. The van der Waals surface area contributed by atoms with Gasteiger partial charge in [-0.05, 0) is 12.1 Å². The van der Waals surface area contributed by atoms with Gasteiger partial charge in [-0.3, -0.25) is 4.79 Å². The van der Waals surface area contributed by atoms with Crippen molar-refractivity contribution in [2.45, 2.75) is 0 Å². The molecule has 4 aromatic rings. The van der Waals surface area contributed by atoms with E-state index in [4.69, 9.17) is 8.83 Å². The smallest absolute Gasteiger partial charge is 0.228 e. The standard InChI is InChI=1S/C19H12O3/c20-18(13-6-2-1-3-7-13)19-17(14-10-11-21-12-14)15-8-4-5-9-16(15)22-19/h1-12H. The van der Waals surface area contributed by atoms with Crippen LogP contribution in [0.1, 0.15) is 16.1 Å². The number of carbonyl (C=O) groups is 1. The normalized spacial score (nSPS) is 10.9. The predicted molar refractivity (Wildman–Crippen MR) is 83.8 cm³/mol. The van der Waals surface area contributed by atoms with Crippen LogP contribution in [-0.4, -0.2) is 5.78 Å². The Morgan fingerprint density at radius 2 is 1.64 bits per heavy atom. The number of furan rings is 2. The molecule has 0 aliphatic rings. The second-order valence-electron chi connectivity index (χ2n) is 5.01. The molecule has 0 fully saturated rings. The zero-order valence-electron chi connectivity index (χ0n) is 11.7. The summed E-state index contributed by atoms with van der Waals surface area (Å²) in [7, 11) is 0. The average molecular weight is 288 g/mol. The second-order valence-corrected chi connectivity index (χ2v) is 5.01. The lowest BCUT2D eigenvalue weighted by atomic mass is 10.00. The Morgan fingerprint density at radius 1 is 0.864 bits per heavy atom. The van der Waals surface area contributed by atoms with Crippen molar-refractivity contribution in [2.24, 2.45) is 0 Å². The Morgan fingerprint density at radius 3 is 2.41 bits per heavy atom. The molecule has 2 aromatic carbocycles. The summed E-state index contributed by atoms with van der Waals surface area (Å²) in [4.78, 5) is 12.8. The predicted octanol–water partition coefficient (Wildman–Crippen LogP) is 4.92. The van der Waals surface area contributed by atoms with Crippen LogP contribution in [0, 0.1) is 0 Å². The van der Waals surface area contributed by atoms with Gasteiger partial charge < -0.3 is 8.83 Å². The van der Waals surface area contributed by atoms with Gasteiger partial charge in [0.15, 0.2) is 5.76 Å². The first-order valence-electron chi connectivity index (χ1n) is 6.98. The largest absolute Gasteiger partial charge is 0.472 e. The summed E-state index contributed by atoms with van der Waals surface area (Å²) in [5, 5.41) is 0.906. The Balaban J connectivity index is 1.98. The molecule has 22 heavy (non-hydrogen) atoms. The number of fused-ring (bicyclic) bond motifs is 1. The van der Waals surface area contributed by atoms with Crippen molar-refractivity contribution in [2.75, 3.05) is 0 Å². The second kappa shape index (κ2) is 5.04. The summed E-state index contributed by atoms with van der Waals surface area (Å²) in [5.74, 6) is 0.210. The van der Waals surface area contributed by atoms with Crippen molar-refractivity contribution < 1.29 is 13.6 Å². The van der Waals surface area contributed by atoms with Gasteiger partial charge in [0, 0.05) is 22.1 Å². The third-order valence-electron chi connectivity index (χ3n) is 3.65. The molecule has 0 aliphatic carbocycles. The fourth-order valence-electron chi connectivity index (χ4n) is 2.62. The third-order valence-corrected chi connectivity index (χ3v) is 3.65. The van der Waals surface area contributed by atoms with Gasteiger partial charge in [0.2, 0.25) is 5.78 Å². The van der Waals surface area contributed by atoms with Gasteiger partial charge in [0.25, 0.3) is 0 Å². The molecular weight excluding hydrogens is 276 g/mol. The fourth-order valence-corrected chi connectivity index (χ4v) is 2.62. The maximum atomic E-state index is 12.8. The number of para-hydroxylation sites is 1. The highest BCUT2D eigenvalue weighted by Gasteiger charge is 2.23. The van der Waals surface area contributed by atoms with Crippen molar-refractivity contribution in [3.8, 4) is 11.1 Å². The van der Waals surface area contributed by atoms with E-state index in [0.29, 0.717) is 16.9 Å². The Kier molecular flexibility index (Phi) is 2.90. The molecule has 0 atom stereocenters. The molecular formula is C19H12O3. The summed E-state index contributed by atoms with van der Waals surface area (Å²) < 4.78 is 11.0. The number of hydrogen-bond acceptors (Lipinski definition) is 3. The number of ketones is 1. The van der Waals surface area contributed by atoms with Gasteiger partial charge in [0.05, 0.1) is 12.5 Å². The number of benzene rings is 2. The topological polar surface area (TPSA) is 43.4 Å². The van der Waals surface area contributed by atoms with Crippen LogP contribution >= 0.6 is 0 Å². The van der Waals surface area contributed by atoms with Crippen molar-refractivity contribution in [1.82, 2.24) is 0 Å². The minimum atomic E-state index is -0.131. The molecule has 2 aromatic heterocycles. The summed E-state index contributed by atoms with van der Waals surface area (Å²) in [6.45, 7) is 0. The first-order chi connectivity index (χ1) is 10.8. The van der Waals surface area contributed by atoms with E-state index in [2.05, 4.69) is 0 Å². The van der Waals surface area contributed by atoms with Crippen LogP contribution in [-0.2, 0) is 0 Å². The molecule has 4 rings (SSSR count). The van der Waals surface area contributed by atoms with E-state index in [1.807, 2.05) is 48.5 Å². The minimum Gasteiger partial charge on any atom is -0.472 e. The Bertz CT molecular complexity index is 931. The van der Waals surface area contributed by atoms with Crippen LogP contribution in [0.5, 0.6) is 0 Å². The molecule has 0 N–H and O–H groups in total. The maximum Gasteiger partial charge on any atom is 0.228 e. The van der Waals surface area contributed by atoms with Gasteiger partial charge in [-0.25, -0.2) is 0 Å². The highest BCUT2D eigenvalue weighted by molar-refractivity contribution is 6.15. The van der Waals surface area contributed by atoms with Crippen LogP contribution < -0.4 is 0 Å². The lowest BCUT2D eigenvalue weighted by Crippen LogP contribution is -2.00. The summed E-state index contributed by atoms with van der Waals surface area (Å²) in [5.41, 5.74) is 2.91. The van der Waals surface area contributed by atoms with E-state index < -0.39 is 0 Å². The quantitative estimate of drug-likeness (QED) is 0.502. The molecule has 0 bridgehead atoms. The molecule has 0 saturated carbocycles. The SMILES string of the molecule is O=C(c1ccccc1)c1oc2ccccc2c1-c1ccoc1. The summed E-state index contributed by atoms with van der Waals surface area (Å²) in [6, 6.07) is 18.6. The van der Waals surface area contributed by atoms with Gasteiger partial charge in [-0.1, -0.05) is 48.5 Å². The van der Waals surface area contributed by atoms with Crippen molar-refractivity contribution in [3.63, 3.8) is 0 Å². The number of hydrogen-bond donors (Lipinski definition) is 0. The zero-order chi connectivity index (χ0) is 14.9. The van der Waals surface area contributed by atoms with E-state index in [9.17, 15) is 4.79 Å². The first-order valence-corrected chi connectivity index (χ1v) is 6.98. The van der Waals surface area contributed by atoms with Crippen molar-refractivity contribution in [3.05, 3.63) is 84.5 Å². The van der Waals surface area contributed by atoms with Crippen LogP contribution in [0.25, 0.3) is 22.1 Å². The lowest BCUT2D eigenvalue weighted by molar-refractivity contribution is 0.101. The molecule has 0 spiro atoms. The Labute approximate surface area is 126 Å². The van der Waals surface area contributed by atoms with Crippen LogP contribution in [0.15, 0.2) is 82.0 Å². The highest BCUT2D eigenvalue weighted by atomic mass is 16.3. The molecule has 3 heteroatoms. The van der Waals surface area contributed by atoms with Gasteiger partial charge in [-0.2, -0.15) is 0 Å². The number of carbonyl (C=O) groups excluding carboxylic acids is 1. The zero-order valence-corrected chi connectivity index (χ0v) is 11.7. The molecule has 106 valence electrons. The molecule has 3 nitrogen and oxygen atoms in total. The lowest BCUT2D eigenvalue weighted by Gasteiger charge is -2.00. The minimum absolute atomic E-state index is 0.131. The van der Waals surface area contributed by atoms with Gasteiger partial charge in [0.1, 0.15) is 5.58 Å². The van der Waals surface area contributed by atoms with Crippen LogP contribution in [0.4, 0.5) is 0 Å². The van der Waals surface area contributed by atoms with E-state index >= 15 is 0 Å². The average Bonchev–Trinajstić information content (AvgIpc) is 3.21. The van der Waals surface area contributed by atoms with Crippen molar-refractivity contribution in [1.29, 1.82) is 0 Å². The van der Waals surface area contributed by atoms with E-state index in [1.54, 1.807) is 24.7 Å². The molecule has 0 unspecified atom stereocenters. The van der Waals surface area contributed by atoms with Crippen molar-refractivity contribution >= 4 is 16.8 Å². The highest BCUT2D eigenvalue weighted by Crippen LogP contribution is 2.36. The van der Waals surface area contributed by atoms with E-state index in [1.165, 1.54) is 0 Å². The van der Waals surface area contributed by atoms with E-state index in [-0.39, 0.29) is 5.78 Å². The molecule has 0 aliphatic heterocycles. The van der Waals surface area contributed by atoms with Crippen LogP contribution in [0.3, 0.4) is 0 Å². The number of rotatable bonds is 3. The van der Waals surface area contributed by atoms with Crippen LogP contribution in [0.2, 0.25) is 0 Å². The molecule has 0 amide bonds. The molecule has 0 saturated heterocycles. The fraction of sp³-hybridized carbons (Fsp3) is 0. The summed E-state index contributed by atoms with van der Waals surface area (Å²) >= 11 is 0. The first kappa shape index (κ1) is 12.7. The third kappa shape index (κ3) is 1.95. The monoisotopic (exact) mass is 288 g/mol. The van der Waals surface area contributed by atoms with E-state index in [0.717, 1.165) is 16.5 Å². The molecule has 2 heterocycles. The van der Waals surface area contributed by atoms with Gasteiger partial charge in [-0.15, -0.1) is 0 Å². The molecule has 0 radical (unpaired) electrons. The Hall–Kier alpha value is -3.07.